The highest BCUT2D eigenvalue weighted by atomic mass is 16.7. The molecule has 2 aromatic rings. The van der Waals surface area contributed by atoms with Gasteiger partial charge in [0.2, 0.25) is 13.6 Å². The van der Waals surface area contributed by atoms with Crippen LogP contribution in [0.3, 0.4) is 0 Å². The molecule has 0 amide bonds. The number of hydrogen-bond donors (Lipinski definition) is 1. The number of rotatable bonds is 2. The molecule has 2 aromatic carbocycles. The molecule has 0 spiro atoms. The zero-order valence-corrected chi connectivity index (χ0v) is 14.4. The van der Waals surface area contributed by atoms with Crippen LogP contribution < -0.4 is 18.9 Å². The molecule has 0 aromatic heterocycles. The molecule has 2 fully saturated rings. The van der Waals surface area contributed by atoms with Crippen LogP contribution in [0.5, 0.6) is 28.7 Å². The van der Waals surface area contributed by atoms with Gasteiger partial charge in [-0.1, -0.05) is 6.07 Å². The van der Waals surface area contributed by atoms with Gasteiger partial charge in [-0.25, -0.2) is 0 Å². The number of aromatic hydroxyl groups is 1. The van der Waals surface area contributed by atoms with E-state index in [0.29, 0.717) is 24.7 Å². The monoisotopic (exact) mass is 370 g/mol. The summed E-state index contributed by atoms with van der Waals surface area (Å²) in [5, 5.41) is 10.5. The predicted octanol–water partition coefficient (Wildman–Crippen LogP) is 2.92. The molecule has 7 heteroatoms. The first kappa shape index (κ1) is 15.4. The van der Waals surface area contributed by atoms with Crippen molar-refractivity contribution in [2.75, 3.05) is 26.8 Å². The third kappa shape index (κ3) is 2.28. The second-order valence-corrected chi connectivity index (χ2v) is 7.21. The topological polar surface area (TPSA) is 75.6 Å². The fourth-order valence-electron chi connectivity index (χ4n) is 4.48. The summed E-state index contributed by atoms with van der Waals surface area (Å²) in [5.74, 6) is 3.25. The van der Waals surface area contributed by atoms with Crippen LogP contribution in [0.2, 0.25) is 0 Å². The van der Waals surface area contributed by atoms with Gasteiger partial charge < -0.3 is 33.5 Å². The molecule has 1 N–H and O–H groups in total. The van der Waals surface area contributed by atoms with E-state index in [-0.39, 0.29) is 43.4 Å². The Labute approximate surface area is 155 Å². The van der Waals surface area contributed by atoms with E-state index in [0.717, 1.165) is 22.6 Å². The van der Waals surface area contributed by atoms with E-state index in [1.807, 2.05) is 24.3 Å². The van der Waals surface area contributed by atoms with Crippen LogP contribution in [0.15, 0.2) is 30.3 Å². The van der Waals surface area contributed by atoms with E-state index >= 15 is 0 Å². The highest BCUT2D eigenvalue weighted by Gasteiger charge is 2.49. The minimum atomic E-state index is -0.233. The Morgan fingerprint density at radius 1 is 0.704 bits per heavy atom. The fraction of sp³-hybridized carbons (Fsp3) is 0.400. The van der Waals surface area contributed by atoms with Crippen LogP contribution in [-0.4, -0.2) is 31.9 Å². The molecule has 0 radical (unpaired) electrons. The van der Waals surface area contributed by atoms with Crippen molar-refractivity contribution in [3.8, 4) is 28.7 Å². The summed E-state index contributed by atoms with van der Waals surface area (Å²) in [7, 11) is 0. The molecule has 4 aliphatic heterocycles. The van der Waals surface area contributed by atoms with Gasteiger partial charge in [0.05, 0.1) is 25.4 Å². The average Bonchev–Trinajstić information content (AvgIpc) is 3.43. The van der Waals surface area contributed by atoms with Gasteiger partial charge in [-0.15, -0.1) is 0 Å². The van der Waals surface area contributed by atoms with E-state index in [4.69, 9.17) is 28.4 Å². The average molecular weight is 370 g/mol. The SMILES string of the molecule is Oc1cc2c(cc1[C@H]1OC[C@H]3[C@@H]1CO[C@@H]3c1ccc3c(c1)OCO3)OCO2. The maximum atomic E-state index is 10.5. The zero-order chi connectivity index (χ0) is 18.0. The predicted molar refractivity (Wildman–Crippen MR) is 91.2 cm³/mol. The fourth-order valence-corrected chi connectivity index (χ4v) is 4.48. The molecule has 6 rings (SSSR count). The molecule has 140 valence electrons. The van der Waals surface area contributed by atoms with E-state index < -0.39 is 0 Å². The van der Waals surface area contributed by atoms with Gasteiger partial charge in [0.25, 0.3) is 0 Å². The highest BCUT2D eigenvalue weighted by molar-refractivity contribution is 5.52. The van der Waals surface area contributed by atoms with Crippen molar-refractivity contribution in [3.05, 3.63) is 41.5 Å². The summed E-state index contributed by atoms with van der Waals surface area (Å²) < 4.78 is 33.9. The van der Waals surface area contributed by atoms with Crippen molar-refractivity contribution in [1.29, 1.82) is 0 Å². The smallest absolute Gasteiger partial charge is 0.231 e. The molecule has 4 atom stereocenters. The van der Waals surface area contributed by atoms with E-state index in [1.54, 1.807) is 6.07 Å². The summed E-state index contributed by atoms with van der Waals surface area (Å²) in [4.78, 5) is 0. The van der Waals surface area contributed by atoms with Crippen molar-refractivity contribution in [2.24, 2.45) is 11.8 Å². The van der Waals surface area contributed by atoms with Crippen LogP contribution in [0.1, 0.15) is 23.3 Å². The lowest BCUT2D eigenvalue weighted by atomic mass is 9.84. The van der Waals surface area contributed by atoms with Crippen LogP contribution in [0.25, 0.3) is 0 Å². The Balaban J connectivity index is 1.29. The van der Waals surface area contributed by atoms with Gasteiger partial charge in [0.15, 0.2) is 23.0 Å². The highest BCUT2D eigenvalue weighted by Crippen LogP contribution is 2.53. The van der Waals surface area contributed by atoms with Gasteiger partial charge in [-0.2, -0.15) is 0 Å². The van der Waals surface area contributed by atoms with Gasteiger partial charge in [-0.3, -0.25) is 0 Å². The van der Waals surface area contributed by atoms with Crippen LogP contribution in [0.4, 0.5) is 0 Å². The molecule has 0 aliphatic carbocycles. The van der Waals surface area contributed by atoms with Crippen molar-refractivity contribution in [3.63, 3.8) is 0 Å². The molecule has 7 nitrogen and oxygen atoms in total. The number of ether oxygens (including phenoxy) is 6. The van der Waals surface area contributed by atoms with Crippen LogP contribution in [-0.2, 0) is 9.47 Å². The number of phenolic OH excluding ortho intramolecular Hbond substituents is 1. The molecule has 0 bridgehead atoms. The number of hydrogen-bond acceptors (Lipinski definition) is 7. The van der Waals surface area contributed by atoms with E-state index in [2.05, 4.69) is 0 Å². The lowest BCUT2D eigenvalue weighted by molar-refractivity contribution is 0.0185. The number of phenols is 1. The third-order valence-corrected chi connectivity index (χ3v) is 5.82. The maximum absolute atomic E-state index is 10.5. The van der Waals surface area contributed by atoms with Crippen LogP contribution >= 0.6 is 0 Å². The van der Waals surface area contributed by atoms with E-state index in [9.17, 15) is 5.11 Å². The van der Waals surface area contributed by atoms with Crippen molar-refractivity contribution in [1.82, 2.24) is 0 Å². The lowest BCUT2D eigenvalue weighted by Crippen LogP contribution is -2.14. The van der Waals surface area contributed by atoms with Gasteiger partial charge in [0.1, 0.15) is 5.75 Å². The summed E-state index contributed by atoms with van der Waals surface area (Å²) in [6.07, 6.45) is -0.297. The van der Waals surface area contributed by atoms with Gasteiger partial charge in [-0.05, 0) is 23.8 Å². The second kappa shape index (κ2) is 5.68. The Morgan fingerprint density at radius 3 is 2.15 bits per heavy atom. The summed E-state index contributed by atoms with van der Waals surface area (Å²) in [5.41, 5.74) is 1.78. The van der Waals surface area contributed by atoms with Gasteiger partial charge >= 0.3 is 0 Å². The molecule has 4 heterocycles. The first-order valence-corrected chi connectivity index (χ1v) is 9.03. The lowest BCUT2D eigenvalue weighted by Gasteiger charge is -2.18. The first-order chi connectivity index (χ1) is 13.3. The minimum Gasteiger partial charge on any atom is -0.507 e. The minimum absolute atomic E-state index is 0.0642. The molecule has 0 saturated carbocycles. The normalized spacial score (nSPS) is 29.9. The molecule has 0 unspecified atom stereocenters. The second-order valence-electron chi connectivity index (χ2n) is 7.21. The Hall–Kier alpha value is -2.64. The molecule has 27 heavy (non-hydrogen) atoms. The molecule has 2 saturated heterocycles. The number of fused-ring (bicyclic) bond motifs is 3. The third-order valence-electron chi connectivity index (χ3n) is 5.82. The molecule has 4 aliphatic rings. The Morgan fingerprint density at radius 2 is 1.33 bits per heavy atom. The summed E-state index contributed by atoms with van der Waals surface area (Å²) >= 11 is 0. The maximum Gasteiger partial charge on any atom is 0.231 e. The first-order valence-electron chi connectivity index (χ1n) is 9.03. The zero-order valence-electron chi connectivity index (χ0n) is 14.4. The molecular formula is C20H18O7. The summed E-state index contributed by atoms with van der Waals surface area (Å²) in [6, 6.07) is 9.34. The van der Waals surface area contributed by atoms with E-state index in [1.165, 1.54) is 0 Å². The number of benzene rings is 2. The molecular weight excluding hydrogens is 352 g/mol. The Kier molecular flexibility index (Phi) is 3.24. The van der Waals surface area contributed by atoms with Crippen LogP contribution in [0, 0.1) is 11.8 Å². The van der Waals surface area contributed by atoms with Crippen molar-refractivity contribution < 1.29 is 33.5 Å². The van der Waals surface area contributed by atoms with Gasteiger partial charge in [0, 0.05) is 23.5 Å². The quantitative estimate of drug-likeness (QED) is 0.871. The standard InChI is InChI=1S/C20H18O7/c21-14-5-18-17(26-9-27-18)4-11(14)20-13-7-22-19(12(13)6-23-20)10-1-2-15-16(3-10)25-8-24-15/h1-5,12-13,19-21H,6-9H2/t12-,13-,19+,20+/m0/s1. The van der Waals surface area contributed by atoms with Crippen molar-refractivity contribution >= 4 is 0 Å². The Bertz CT molecular complexity index is 911. The van der Waals surface area contributed by atoms with Crippen molar-refractivity contribution in [2.45, 2.75) is 12.2 Å². The summed E-state index contributed by atoms with van der Waals surface area (Å²) in [6.45, 7) is 1.57. The largest absolute Gasteiger partial charge is 0.507 e.